The zero-order valence-electron chi connectivity index (χ0n) is 7.84. The van der Waals surface area contributed by atoms with E-state index in [9.17, 15) is 0 Å². The Kier molecular flexibility index (Phi) is 5.53. The number of benzene rings is 1. The molecule has 0 fully saturated rings. The van der Waals surface area contributed by atoms with Gasteiger partial charge in [0.2, 0.25) is 0 Å². The van der Waals surface area contributed by atoms with Gasteiger partial charge in [-0.3, -0.25) is 0 Å². The standard InChI is InChI=1S/C10H12Cl2.Os/c1-6(2)8-5-4-7(3)9(11)10(8)12;/h4-6H,1-3H3;/q;+2. The van der Waals surface area contributed by atoms with Gasteiger partial charge in [0, 0.05) is 0 Å². The van der Waals surface area contributed by atoms with Gasteiger partial charge in [0.05, 0.1) is 10.0 Å². The maximum Gasteiger partial charge on any atom is 2.00 e. The molecule has 0 aliphatic rings. The number of hydrogen-bond acceptors (Lipinski definition) is 0. The predicted molar refractivity (Wildman–Crippen MR) is 55.3 cm³/mol. The van der Waals surface area contributed by atoms with Crippen molar-refractivity contribution in [1.82, 2.24) is 0 Å². The van der Waals surface area contributed by atoms with Crippen molar-refractivity contribution in [2.24, 2.45) is 0 Å². The van der Waals surface area contributed by atoms with Crippen LogP contribution in [0, 0.1) is 6.92 Å². The maximum absolute atomic E-state index is 6.06. The summed E-state index contributed by atoms with van der Waals surface area (Å²) in [4.78, 5) is 0. The molecule has 0 nitrogen and oxygen atoms in total. The van der Waals surface area contributed by atoms with Gasteiger partial charge in [0.15, 0.2) is 0 Å². The molecule has 1 aromatic rings. The molecule has 1 aromatic carbocycles. The Labute approximate surface area is 103 Å². The third-order valence-electron chi connectivity index (χ3n) is 1.93. The first-order valence-electron chi connectivity index (χ1n) is 3.98. The van der Waals surface area contributed by atoms with Crippen LogP contribution in [0.1, 0.15) is 30.9 Å². The molecule has 72 valence electrons. The van der Waals surface area contributed by atoms with E-state index in [1.54, 1.807) is 0 Å². The Morgan fingerprint density at radius 3 is 2.08 bits per heavy atom. The van der Waals surface area contributed by atoms with Crippen molar-refractivity contribution in [3.05, 3.63) is 33.3 Å². The van der Waals surface area contributed by atoms with E-state index in [-0.39, 0.29) is 19.8 Å². The van der Waals surface area contributed by atoms with E-state index in [0.29, 0.717) is 16.0 Å². The van der Waals surface area contributed by atoms with E-state index >= 15 is 0 Å². The predicted octanol–water partition coefficient (Wildman–Crippen LogP) is 4.42. The molecule has 0 amide bonds. The fourth-order valence-corrected chi connectivity index (χ4v) is 1.71. The topological polar surface area (TPSA) is 0 Å². The van der Waals surface area contributed by atoms with Crippen molar-refractivity contribution < 1.29 is 19.8 Å². The molecule has 0 N–H and O–H groups in total. The van der Waals surface area contributed by atoms with Gasteiger partial charge in [-0.15, -0.1) is 0 Å². The summed E-state index contributed by atoms with van der Waals surface area (Å²) in [5.41, 5.74) is 2.15. The zero-order chi connectivity index (χ0) is 9.30. The van der Waals surface area contributed by atoms with Crippen molar-refractivity contribution in [1.29, 1.82) is 0 Å². The first kappa shape index (κ1) is 13.4. The van der Waals surface area contributed by atoms with E-state index in [2.05, 4.69) is 13.8 Å². The molecule has 0 bridgehead atoms. The van der Waals surface area contributed by atoms with Crippen LogP contribution in [-0.4, -0.2) is 0 Å². The fourth-order valence-electron chi connectivity index (χ4n) is 1.11. The minimum atomic E-state index is 0. The Morgan fingerprint density at radius 1 is 1.08 bits per heavy atom. The number of rotatable bonds is 1. The molecular formula is C10H12Cl2Os+2. The minimum Gasteiger partial charge on any atom is -0.0824 e. The molecule has 3 heteroatoms. The maximum atomic E-state index is 6.06. The molecule has 0 spiro atoms. The van der Waals surface area contributed by atoms with Gasteiger partial charge in [-0.2, -0.15) is 0 Å². The normalized spacial score (nSPS) is 10.0. The van der Waals surface area contributed by atoms with Gasteiger partial charge in [0.25, 0.3) is 0 Å². The summed E-state index contributed by atoms with van der Waals surface area (Å²) in [5, 5.41) is 1.38. The summed E-state index contributed by atoms with van der Waals surface area (Å²) in [6.07, 6.45) is 0. The summed E-state index contributed by atoms with van der Waals surface area (Å²) in [7, 11) is 0. The fraction of sp³-hybridized carbons (Fsp3) is 0.400. The Balaban J connectivity index is 0.00000144. The van der Waals surface area contributed by atoms with Crippen LogP contribution in [0.25, 0.3) is 0 Å². The molecule has 0 aromatic heterocycles. The van der Waals surface area contributed by atoms with Crippen molar-refractivity contribution in [3.8, 4) is 0 Å². The third-order valence-corrected chi connectivity index (χ3v) is 2.92. The molecule has 0 aliphatic heterocycles. The van der Waals surface area contributed by atoms with Crippen LogP contribution in [0.2, 0.25) is 10.0 Å². The summed E-state index contributed by atoms with van der Waals surface area (Å²) in [6, 6.07) is 4.04. The Morgan fingerprint density at radius 2 is 1.62 bits per heavy atom. The van der Waals surface area contributed by atoms with Gasteiger partial charge < -0.3 is 0 Å². The van der Waals surface area contributed by atoms with E-state index in [1.165, 1.54) is 0 Å². The first-order valence-corrected chi connectivity index (χ1v) is 4.74. The van der Waals surface area contributed by atoms with Crippen molar-refractivity contribution >= 4 is 23.2 Å². The monoisotopic (exact) mass is 394 g/mol. The number of hydrogen-bond donors (Lipinski definition) is 0. The average molecular weight is 393 g/mol. The average Bonchev–Trinajstić information content (AvgIpc) is 2.00. The van der Waals surface area contributed by atoms with E-state index < -0.39 is 0 Å². The molecule has 0 heterocycles. The smallest absolute Gasteiger partial charge is 0.0824 e. The van der Waals surface area contributed by atoms with Crippen molar-refractivity contribution in [2.45, 2.75) is 26.7 Å². The van der Waals surface area contributed by atoms with Crippen LogP contribution in [0.4, 0.5) is 0 Å². The SMILES string of the molecule is Cc1ccc(C(C)C)c(Cl)c1Cl.[Os+2]. The van der Waals surface area contributed by atoms with Gasteiger partial charge in [-0.05, 0) is 24.0 Å². The van der Waals surface area contributed by atoms with Crippen molar-refractivity contribution in [2.75, 3.05) is 0 Å². The summed E-state index contributed by atoms with van der Waals surface area (Å²) >= 11 is 12.1. The van der Waals surface area contributed by atoms with E-state index in [0.717, 1.165) is 11.1 Å². The zero-order valence-corrected chi connectivity index (χ0v) is 11.9. The molecule has 0 aliphatic carbocycles. The second-order valence-corrected chi connectivity index (χ2v) is 4.01. The van der Waals surface area contributed by atoms with Crippen LogP contribution >= 0.6 is 23.2 Å². The minimum absolute atomic E-state index is 0. The first-order chi connectivity index (χ1) is 5.54. The molecule has 0 radical (unpaired) electrons. The molecule has 0 saturated heterocycles. The van der Waals surface area contributed by atoms with Crippen LogP contribution in [0.3, 0.4) is 0 Å². The second kappa shape index (κ2) is 5.35. The second-order valence-electron chi connectivity index (χ2n) is 3.25. The molecule has 0 atom stereocenters. The summed E-state index contributed by atoms with van der Waals surface area (Å²) in [5.74, 6) is 0.426. The van der Waals surface area contributed by atoms with E-state index in [1.807, 2.05) is 19.1 Å². The largest absolute Gasteiger partial charge is 2.00 e. The van der Waals surface area contributed by atoms with Crippen LogP contribution < -0.4 is 0 Å². The molecule has 1 rings (SSSR count). The Hall–Kier alpha value is 0.436. The van der Waals surface area contributed by atoms with Crippen molar-refractivity contribution in [3.63, 3.8) is 0 Å². The molecule has 0 unspecified atom stereocenters. The van der Waals surface area contributed by atoms with Crippen LogP contribution in [0.5, 0.6) is 0 Å². The molecular weight excluding hydrogens is 381 g/mol. The third kappa shape index (κ3) is 2.95. The van der Waals surface area contributed by atoms with Gasteiger partial charge >= 0.3 is 19.8 Å². The van der Waals surface area contributed by atoms with Gasteiger partial charge in [0.1, 0.15) is 0 Å². The number of halogens is 2. The quantitative estimate of drug-likeness (QED) is 0.663. The molecule has 13 heavy (non-hydrogen) atoms. The number of aryl methyl sites for hydroxylation is 1. The Bertz CT molecular complexity index is 295. The van der Waals surface area contributed by atoms with Gasteiger partial charge in [-0.1, -0.05) is 49.2 Å². The van der Waals surface area contributed by atoms with Crippen LogP contribution in [-0.2, 0) is 19.8 Å². The van der Waals surface area contributed by atoms with Crippen LogP contribution in [0.15, 0.2) is 12.1 Å². The van der Waals surface area contributed by atoms with Gasteiger partial charge in [-0.25, -0.2) is 0 Å². The van der Waals surface area contributed by atoms with E-state index in [4.69, 9.17) is 23.2 Å². The molecule has 0 saturated carbocycles. The summed E-state index contributed by atoms with van der Waals surface area (Å²) < 4.78 is 0. The summed E-state index contributed by atoms with van der Waals surface area (Å²) in [6.45, 7) is 6.16.